The first-order chi connectivity index (χ1) is 8.46. The van der Waals surface area contributed by atoms with Crippen molar-refractivity contribution in [2.75, 3.05) is 0 Å². The lowest BCUT2D eigenvalue weighted by Crippen LogP contribution is -2.67. The molecule has 0 bridgehead atoms. The van der Waals surface area contributed by atoms with Gasteiger partial charge in [0.2, 0.25) is 0 Å². The van der Waals surface area contributed by atoms with Gasteiger partial charge in [-0.15, -0.1) is 0 Å². The molecule has 0 amide bonds. The molecule has 0 aromatic heterocycles. The first kappa shape index (κ1) is 12.8. The van der Waals surface area contributed by atoms with Crippen LogP contribution >= 0.6 is 0 Å². The molecule has 0 radical (unpaired) electrons. The fourth-order valence-corrected chi connectivity index (χ4v) is 3.83. The van der Waals surface area contributed by atoms with E-state index in [4.69, 9.17) is 4.74 Å². The fraction of sp³-hybridized carbons (Fsp3) is 1.00. The summed E-state index contributed by atoms with van der Waals surface area (Å²) in [6, 6.07) is 0. The van der Waals surface area contributed by atoms with Crippen LogP contribution in [0.4, 0.5) is 0 Å². The lowest BCUT2D eigenvalue weighted by Gasteiger charge is -2.42. The van der Waals surface area contributed by atoms with Crippen LogP contribution in [0.2, 0.25) is 0 Å². The van der Waals surface area contributed by atoms with Gasteiger partial charge in [-0.25, -0.2) is 0 Å². The van der Waals surface area contributed by atoms with E-state index in [-0.39, 0.29) is 0 Å². The van der Waals surface area contributed by atoms with Crippen LogP contribution in [-0.4, -0.2) is 67.3 Å². The van der Waals surface area contributed by atoms with Crippen molar-refractivity contribution >= 4 is 0 Å². The summed E-state index contributed by atoms with van der Waals surface area (Å²) in [5, 5.41) is 49.4. The lowest BCUT2D eigenvalue weighted by atomic mass is 9.68. The third-order valence-electron chi connectivity index (χ3n) is 4.92. The number of aliphatic hydroxyl groups excluding tert-OH is 5. The molecule has 0 aromatic rings. The van der Waals surface area contributed by atoms with E-state index in [9.17, 15) is 25.5 Å². The lowest BCUT2D eigenvalue weighted by molar-refractivity contribution is -0.210. The average Bonchev–Trinajstić information content (AvgIpc) is 3.02. The second kappa shape index (κ2) is 3.88. The minimum Gasteiger partial charge on any atom is -0.387 e. The van der Waals surface area contributed by atoms with Crippen molar-refractivity contribution in [1.82, 2.24) is 0 Å². The molecule has 104 valence electrons. The average molecular weight is 260 g/mol. The highest BCUT2D eigenvalue weighted by Crippen LogP contribution is 2.62. The Morgan fingerprint density at radius 3 is 1.72 bits per heavy atom. The molecule has 0 aromatic carbocycles. The molecule has 3 rings (SSSR count). The highest BCUT2D eigenvalue weighted by Gasteiger charge is 2.80. The molecule has 0 unspecified atom stereocenters. The molecule has 5 N–H and O–H groups in total. The molecular weight excluding hydrogens is 240 g/mol. The molecule has 2 saturated carbocycles. The Labute approximate surface area is 105 Å². The number of fused-ring (bicyclic) bond motifs is 1. The summed E-state index contributed by atoms with van der Waals surface area (Å²) in [7, 11) is 0. The second-order valence-electron chi connectivity index (χ2n) is 5.81. The molecule has 3 fully saturated rings. The number of rotatable bonds is 0. The maximum Gasteiger partial charge on any atom is 0.155 e. The van der Waals surface area contributed by atoms with Crippen molar-refractivity contribution in [1.29, 1.82) is 0 Å². The summed E-state index contributed by atoms with van der Waals surface area (Å²) in [6.45, 7) is 0. The van der Waals surface area contributed by atoms with Gasteiger partial charge < -0.3 is 30.3 Å². The van der Waals surface area contributed by atoms with Crippen molar-refractivity contribution in [3.05, 3.63) is 0 Å². The minimum absolute atomic E-state index is 0.647. The van der Waals surface area contributed by atoms with Gasteiger partial charge in [0.25, 0.3) is 0 Å². The van der Waals surface area contributed by atoms with Gasteiger partial charge in [-0.05, 0) is 12.8 Å². The molecule has 1 saturated heterocycles. The summed E-state index contributed by atoms with van der Waals surface area (Å²) in [4.78, 5) is 0. The zero-order chi connectivity index (χ0) is 13.1. The highest BCUT2D eigenvalue weighted by atomic mass is 16.7. The standard InChI is InChI=1S/C12H20O6/c13-6-7(14)9(16)12(10(17)8(6)15)11(18-12)4-2-1-3-5-11/h6-10,13-17H,1-5H2/t6-,7-,8+,9-,10-,12-/m0/s1. The zero-order valence-corrected chi connectivity index (χ0v) is 10.1. The molecule has 6 atom stereocenters. The predicted octanol–water partition coefficient (Wildman–Crippen LogP) is -1.72. The Balaban J connectivity index is 1.91. The molecule has 2 aliphatic carbocycles. The first-order valence-corrected chi connectivity index (χ1v) is 6.57. The van der Waals surface area contributed by atoms with Crippen LogP contribution in [0, 0.1) is 0 Å². The van der Waals surface area contributed by atoms with Crippen LogP contribution in [0.25, 0.3) is 0 Å². The summed E-state index contributed by atoms with van der Waals surface area (Å²) >= 11 is 0. The van der Waals surface area contributed by atoms with Crippen LogP contribution in [0.1, 0.15) is 32.1 Å². The molecule has 6 heteroatoms. The SMILES string of the molecule is O[C@@H]1[C@@H](O)[C@H](O)[C@@]2(OC23CCCCC3)[C@@H](O)[C@H]1O. The monoisotopic (exact) mass is 260 g/mol. The normalized spacial score (nSPS) is 54.8. The number of ether oxygens (including phenoxy) is 1. The van der Waals surface area contributed by atoms with Crippen molar-refractivity contribution in [3.63, 3.8) is 0 Å². The van der Waals surface area contributed by atoms with Crippen LogP contribution in [0.15, 0.2) is 0 Å². The van der Waals surface area contributed by atoms with Crippen LogP contribution < -0.4 is 0 Å². The third-order valence-corrected chi connectivity index (χ3v) is 4.92. The minimum atomic E-state index is -1.55. The molecule has 6 nitrogen and oxygen atoms in total. The number of hydrogen-bond donors (Lipinski definition) is 5. The smallest absolute Gasteiger partial charge is 0.155 e. The van der Waals surface area contributed by atoms with Gasteiger partial charge in [0, 0.05) is 0 Å². The summed E-state index contributed by atoms with van der Waals surface area (Å²) < 4.78 is 5.66. The summed E-state index contributed by atoms with van der Waals surface area (Å²) in [6.07, 6.45) is -2.91. The maximum atomic E-state index is 10.1. The van der Waals surface area contributed by atoms with Crippen molar-refractivity contribution in [2.45, 2.75) is 73.8 Å². The molecule has 2 spiro atoms. The molecule has 18 heavy (non-hydrogen) atoms. The van der Waals surface area contributed by atoms with Gasteiger partial charge in [0.15, 0.2) is 5.60 Å². The maximum absolute atomic E-state index is 10.1. The summed E-state index contributed by atoms with van der Waals surface area (Å²) in [5.41, 5.74) is -1.96. The quantitative estimate of drug-likeness (QED) is 0.331. The predicted molar refractivity (Wildman–Crippen MR) is 59.7 cm³/mol. The van der Waals surface area contributed by atoms with E-state index in [1.54, 1.807) is 0 Å². The first-order valence-electron chi connectivity index (χ1n) is 6.57. The van der Waals surface area contributed by atoms with Crippen LogP contribution in [-0.2, 0) is 4.74 Å². The van der Waals surface area contributed by atoms with E-state index in [0.717, 1.165) is 19.3 Å². The molecular formula is C12H20O6. The largest absolute Gasteiger partial charge is 0.387 e. The van der Waals surface area contributed by atoms with Crippen LogP contribution in [0.5, 0.6) is 0 Å². The second-order valence-corrected chi connectivity index (χ2v) is 5.81. The van der Waals surface area contributed by atoms with Gasteiger partial charge in [0.1, 0.15) is 36.1 Å². The Hall–Kier alpha value is -0.240. The van der Waals surface area contributed by atoms with Gasteiger partial charge in [-0.1, -0.05) is 19.3 Å². The van der Waals surface area contributed by atoms with Gasteiger partial charge >= 0.3 is 0 Å². The topological polar surface area (TPSA) is 114 Å². The fourth-order valence-electron chi connectivity index (χ4n) is 3.83. The summed E-state index contributed by atoms with van der Waals surface area (Å²) in [5.74, 6) is 0. The van der Waals surface area contributed by atoms with E-state index in [0.29, 0.717) is 12.8 Å². The Morgan fingerprint density at radius 1 is 0.722 bits per heavy atom. The number of epoxide rings is 1. The van der Waals surface area contributed by atoms with Gasteiger partial charge in [-0.3, -0.25) is 0 Å². The van der Waals surface area contributed by atoms with E-state index in [1.807, 2.05) is 0 Å². The molecule has 1 aliphatic heterocycles. The van der Waals surface area contributed by atoms with E-state index in [2.05, 4.69) is 0 Å². The number of aliphatic hydroxyl groups is 5. The Kier molecular flexibility index (Phi) is 2.75. The third kappa shape index (κ3) is 1.33. The van der Waals surface area contributed by atoms with Gasteiger partial charge in [0.05, 0.1) is 0 Å². The Morgan fingerprint density at radius 2 is 1.22 bits per heavy atom. The molecule has 1 heterocycles. The van der Waals surface area contributed by atoms with Crippen LogP contribution in [0.3, 0.4) is 0 Å². The van der Waals surface area contributed by atoms with Crippen molar-refractivity contribution in [2.24, 2.45) is 0 Å². The van der Waals surface area contributed by atoms with E-state index >= 15 is 0 Å². The van der Waals surface area contributed by atoms with Gasteiger partial charge in [-0.2, -0.15) is 0 Å². The van der Waals surface area contributed by atoms with E-state index in [1.165, 1.54) is 0 Å². The zero-order valence-electron chi connectivity index (χ0n) is 10.1. The molecule has 3 aliphatic rings. The van der Waals surface area contributed by atoms with Crippen molar-refractivity contribution < 1.29 is 30.3 Å². The Bertz CT molecular complexity index is 323. The van der Waals surface area contributed by atoms with E-state index < -0.39 is 41.7 Å². The highest BCUT2D eigenvalue weighted by molar-refractivity contribution is 5.28. The van der Waals surface area contributed by atoms with Crippen molar-refractivity contribution in [3.8, 4) is 0 Å². The number of hydrogen-bond acceptors (Lipinski definition) is 6.